The Kier molecular flexibility index (Phi) is 6.35. The molecule has 0 aliphatic carbocycles. The zero-order chi connectivity index (χ0) is 17.7. The van der Waals surface area contributed by atoms with Gasteiger partial charge in [-0.1, -0.05) is 35.9 Å². The molecule has 2 N–H and O–H groups in total. The van der Waals surface area contributed by atoms with Crippen LogP contribution in [-0.4, -0.2) is 11.9 Å². The van der Waals surface area contributed by atoms with Gasteiger partial charge < -0.3 is 5.32 Å². The van der Waals surface area contributed by atoms with Gasteiger partial charge in [0.2, 0.25) is 5.91 Å². The van der Waals surface area contributed by atoms with Crippen LogP contribution in [0.1, 0.15) is 44.0 Å². The molecule has 3 atom stereocenters. The minimum absolute atomic E-state index is 0.00872. The van der Waals surface area contributed by atoms with Gasteiger partial charge in [0.05, 0.1) is 12.1 Å². The number of rotatable bonds is 6. The molecule has 0 aliphatic heterocycles. The SMILES string of the molecule is CC(NC(C)c1cccc(Cl)c1)C(=O)NC(C)c1ccc(F)cc1. The van der Waals surface area contributed by atoms with Crippen LogP contribution in [0.15, 0.2) is 48.5 Å². The molecular formula is C19H22ClFN2O. The molecular weight excluding hydrogens is 327 g/mol. The Bertz CT molecular complexity index is 690. The number of carbonyl (C=O) groups excluding carboxylic acids is 1. The summed E-state index contributed by atoms with van der Waals surface area (Å²) in [5, 5.41) is 6.86. The fourth-order valence-corrected chi connectivity index (χ4v) is 2.69. The maximum Gasteiger partial charge on any atom is 0.237 e. The van der Waals surface area contributed by atoms with Crippen LogP contribution >= 0.6 is 11.6 Å². The normalized spacial score (nSPS) is 14.7. The van der Waals surface area contributed by atoms with Crippen molar-refractivity contribution < 1.29 is 9.18 Å². The summed E-state index contributed by atoms with van der Waals surface area (Å²) >= 11 is 6.00. The van der Waals surface area contributed by atoms with Crippen LogP contribution in [0.2, 0.25) is 5.02 Å². The second-order valence-corrected chi connectivity index (χ2v) is 6.38. The lowest BCUT2D eigenvalue weighted by Crippen LogP contribution is -2.43. The van der Waals surface area contributed by atoms with Gasteiger partial charge in [-0.3, -0.25) is 10.1 Å². The molecule has 24 heavy (non-hydrogen) atoms. The third kappa shape index (κ3) is 5.05. The molecule has 0 spiro atoms. The van der Waals surface area contributed by atoms with E-state index < -0.39 is 0 Å². The maximum atomic E-state index is 13.0. The molecule has 3 unspecified atom stereocenters. The van der Waals surface area contributed by atoms with Gasteiger partial charge in [0.1, 0.15) is 5.82 Å². The Morgan fingerprint density at radius 3 is 2.29 bits per heavy atom. The second kappa shape index (κ2) is 8.27. The second-order valence-electron chi connectivity index (χ2n) is 5.95. The molecule has 2 aromatic carbocycles. The van der Waals surface area contributed by atoms with Crippen molar-refractivity contribution >= 4 is 17.5 Å². The van der Waals surface area contributed by atoms with E-state index in [1.807, 2.05) is 45.0 Å². The van der Waals surface area contributed by atoms with E-state index in [-0.39, 0.29) is 29.8 Å². The van der Waals surface area contributed by atoms with Crippen molar-refractivity contribution in [1.29, 1.82) is 0 Å². The molecule has 0 saturated heterocycles. The third-order valence-electron chi connectivity index (χ3n) is 3.97. The molecule has 0 aliphatic rings. The zero-order valence-corrected chi connectivity index (χ0v) is 14.8. The molecule has 2 rings (SSSR count). The number of hydrogen-bond acceptors (Lipinski definition) is 2. The van der Waals surface area contributed by atoms with Crippen molar-refractivity contribution in [3.63, 3.8) is 0 Å². The predicted octanol–water partition coefficient (Wildman–Crippen LogP) is 4.40. The lowest BCUT2D eigenvalue weighted by molar-refractivity contribution is -0.123. The molecule has 5 heteroatoms. The van der Waals surface area contributed by atoms with Gasteiger partial charge >= 0.3 is 0 Å². The Balaban J connectivity index is 1.93. The summed E-state index contributed by atoms with van der Waals surface area (Å²) in [6.45, 7) is 5.67. The van der Waals surface area contributed by atoms with Gasteiger partial charge in [-0.25, -0.2) is 4.39 Å². The van der Waals surface area contributed by atoms with Crippen LogP contribution in [0.4, 0.5) is 4.39 Å². The smallest absolute Gasteiger partial charge is 0.237 e. The molecule has 0 radical (unpaired) electrons. The van der Waals surface area contributed by atoms with E-state index in [9.17, 15) is 9.18 Å². The number of benzene rings is 2. The molecule has 0 heterocycles. The summed E-state index contributed by atoms with van der Waals surface area (Å²) in [5.41, 5.74) is 1.88. The van der Waals surface area contributed by atoms with E-state index in [0.29, 0.717) is 5.02 Å². The summed E-state index contributed by atoms with van der Waals surface area (Å²) in [5.74, 6) is -0.400. The first kappa shape index (κ1) is 18.4. The lowest BCUT2D eigenvalue weighted by atomic mass is 10.1. The van der Waals surface area contributed by atoms with Crippen LogP contribution in [0.3, 0.4) is 0 Å². The van der Waals surface area contributed by atoms with Crippen molar-refractivity contribution in [2.75, 3.05) is 0 Å². The van der Waals surface area contributed by atoms with Crippen LogP contribution in [-0.2, 0) is 4.79 Å². The van der Waals surface area contributed by atoms with Crippen LogP contribution < -0.4 is 10.6 Å². The Labute approximate surface area is 147 Å². The van der Waals surface area contributed by atoms with Crippen molar-refractivity contribution in [1.82, 2.24) is 10.6 Å². The highest BCUT2D eigenvalue weighted by Gasteiger charge is 2.18. The molecule has 2 aromatic rings. The standard InChI is InChI=1S/C19H22ClFN2O/c1-12(15-7-9-18(21)10-8-15)23-19(24)14(3)22-13(2)16-5-4-6-17(20)11-16/h4-14,22H,1-3H3,(H,23,24). The molecule has 0 fully saturated rings. The Hall–Kier alpha value is -1.91. The summed E-state index contributed by atoms with van der Waals surface area (Å²) in [6.07, 6.45) is 0. The van der Waals surface area contributed by atoms with Gasteiger partial charge in [-0.15, -0.1) is 0 Å². The quantitative estimate of drug-likeness (QED) is 0.812. The molecule has 0 bridgehead atoms. The van der Waals surface area contributed by atoms with E-state index >= 15 is 0 Å². The number of nitrogens with one attached hydrogen (secondary N) is 2. The van der Waals surface area contributed by atoms with Crippen molar-refractivity contribution in [3.05, 3.63) is 70.5 Å². The lowest BCUT2D eigenvalue weighted by Gasteiger charge is -2.22. The van der Waals surface area contributed by atoms with Gasteiger partial charge in [0, 0.05) is 11.1 Å². The number of hydrogen-bond donors (Lipinski definition) is 2. The maximum absolute atomic E-state index is 13.0. The van der Waals surface area contributed by atoms with Crippen molar-refractivity contribution in [2.24, 2.45) is 0 Å². The first-order chi connectivity index (χ1) is 11.4. The monoisotopic (exact) mass is 348 g/mol. The van der Waals surface area contributed by atoms with E-state index in [1.165, 1.54) is 12.1 Å². The number of amides is 1. The molecule has 0 saturated carbocycles. The summed E-state index contributed by atoms with van der Waals surface area (Å²) < 4.78 is 13.0. The van der Waals surface area contributed by atoms with Crippen LogP contribution in [0.25, 0.3) is 0 Å². The summed E-state index contributed by atoms with van der Waals surface area (Å²) in [4.78, 5) is 12.4. The fraction of sp³-hybridized carbons (Fsp3) is 0.316. The average Bonchev–Trinajstić information content (AvgIpc) is 2.55. The minimum Gasteiger partial charge on any atom is -0.348 e. The molecule has 3 nitrogen and oxygen atoms in total. The van der Waals surface area contributed by atoms with Gasteiger partial charge in [0.25, 0.3) is 0 Å². The highest BCUT2D eigenvalue weighted by atomic mass is 35.5. The Morgan fingerprint density at radius 1 is 1.00 bits per heavy atom. The summed E-state index contributed by atoms with van der Waals surface area (Å²) in [7, 11) is 0. The number of carbonyl (C=O) groups is 1. The number of halogens is 2. The van der Waals surface area contributed by atoms with Crippen molar-refractivity contribution in [2.45, 2.75) is 38.9 Å². The van der Waals surface area contributed by atoms with Crippen LogP contribution in [0.5, 0.6) is 0 Å². The average molecular weight is 349 g/mol. The fourth-order valence-electron chi connectivity index (χ4n) is 2.50. The molecule has 128 valence electrons. The predicted molar refractivity (Wildman–Crippen MR) is 95.4 cm³/mol. The minimum atomic E-state index is -0.373. The van der Waals surface area contributed by atoms with Gasteiger partial charge in [-0.2, -0.15) is 0 Å². The van der Waals surface area contributed by atoms with E-state index in [0.717, 1.165) is 11.1 Å². The molecule has 1 amide bonds. The first-order valence-corrected chi connectivity index (χ1v) is 8.32. The largest absolute Gasteiger partial charge is 0.348 e. The first-order valence-electron chi connectivity index (χ1n) is 7.94. The van der Waals surface area contributed by atoms with E-state index in [4.69, 9.17) is 11.6 Å². The van der Waals surface area contributed by atoms with Crippen molar-refractivity contribution in [3.8, 4) is 0 Å². The zero-order valence-electron chi connectivity index (χ0n) is 14.0. The topological polar surface area (TPSA) is 41.1 Å². The summed E-state index contributed by atoms with van der Waals surface area (Å²) in [6, 6.07) is 13.1. The highest BCUT2D eigenvalue weighted by molar-refractivity contribution is 6.30. The third-order valence-corrected chi connectivity index (χ3v) is 4.21. The van der Waals surface area contributed by atoms with Crippen LogP contribution in [0, 0.1) is 5.82 Å². The van der Waals surface area contributed by atoms with Gasteiger partial charge in [-0.05, 0) is 56.2 Å². The Morgan fingerprint density at radius 2 is 1.67 bits per heavy atom. The van der Waals surface area contributed by atoms with Gasteiger partial charge in [0.15, 0.2) is 0 Å². The molecule has 0 aromatic heterocycles. The van der Waals surface area contributed by atoms with E-state index in [1.54, 1.807) is 12.1 Å². The van der Waals surface area contributed by atoms with E-state index in [2.05, 4.69) is 10.6 Å². The highest BCUT2D eigenvalue weighted by Crippen LogP contribution is 2.18.